The van der Waals surface area contributed by atoms with E-state index in [0.717, 1.165) is 11.3 Å². The Hall–Kier alpha value is 0.0600. The number of hydrogen-bond acceptors (Lipinski definition) is 2. The summed E-state index contributed by atoms with van der Waals surface area (Å²) >= 11 is 10.4. The zero-order valence-electron chi connectivity index (χ0n) is 10.8. The fourth-order valence-electron chi connectivity index (χ4n) is 3.06. The van der Waals surface area contributed by atoms with Gasteiger partial charge in [0.1, 0.15) is 5.82 Å². The predicted molar refractivity (Wildman–Crippen MR) is 92.2 cm³/mol. The first kappa shape index (κ1) is 14.0. The van der Waals surface area contributed by atoms with Gasteiger partial charge in [-0.3, -0.25) is 0 Å². The van der Waals surface area contributed by atoms with Gasteiger partial charge in [0.15, 0.2) is 0 Å². The molecule has 1 aromatic carbocycles. The van der Waals surface area contributed by atoms with Gasteiger partial charge in [-0.15, -0.1) is 11.6 Å². The largest absolute Gasteiger partial charge is 0.323 e. The van der Waals surface area contributed by atoms with E-state index >= 15 is 0 Å². The molecule has 2 aromatic rings. The second kappa shape index (κ2) is 5.82. The zero-order valence-corrected chi connectivity index (χ0v) is 14.5. The Kier molecular flexibility index (Phi) is 4.29. The molecule has 2 unspecified atom stereocenters. The van der Waals surface area contributed by atoms with Crippen molar-refractivity contribution >= 4 is 57.0 Å². The second-order valence-corrected chi connectivity index (χ2v) is 7.53. The molecule has 1 fully saturated rings. The monoisotopic (exact) mass is 406 g/mol. The summed E-state index contributed by atoms with van der Waals surface area (Å²) in [6.07, 6.45) is 6.07. The van der Waals surface area contributed by atoms with Gasteiger partial charge >= 0.3 is 0 Å². The van der Waals surface area contributed by atoms with E-state index in [1.54, 1.807) is 0 Å². The lowest BCUT2D eigenvalue weighted by atomic mass is 10.2. The normalized spacial score (nSPS) is 23.3. The summed E-state index contributed by atoms with van der Waals surface area (Å²) in [5.74, 6) is 1.51. The fourth-order valence-corrected chi connectivity index (χ4v) is 4.70. The van der Waals surface area contributed by atoms with Gasteiger partial charge in [0, 0.05) is 14.9 Å². The molecule has 102 valence electrons. The molecule has 0 spiro atoms. The number of rotatable bonds is 3. The Morgan fingerprint density at radius 3 is 3.05 bits per heavy atom. The van der Waals surface area contributed by atoms with E-state index < -0.39 is 0 Å². The van der Waals surface area contributed by atoms with Crippen molar-refractivity contribution in [1.82, 2.24) is 9.55 Å². The van der Waals surface area contributed by atoms with E-state index in [0.29, 0.717) is 17.2 Å². The van der Waals surface area contributed by atoms with Gasteiger partial charge in [-0.05, 0) is 59.9 Å². The predicted octanol–water partition coefficient (Wildman–Crippen LogP) is 4.84. The molecule has 0 radical (unpaired) electrons. The number of alkyl halides is 1. The summed E-state index contributed by atoms with van der Waals surface area (Å²) < 4.78 is 3.62. The molecule has 0 saturated heterocycles. The molecule has 5 heteroatoms. The van der Waals surface area contributed by atoms with E-state index in [9.17, 15) is 0 Å². The smallest absolute Gasteiger partial charge is 0.125 e. The van der Waals surface area contributed by atoms with E-state index in [2.05, 4.69) is 51.6 Å². The summed E-state index contributed by atoms with van der Waals surface area (Å²) in [6.45, 7) is 0. The third-order valence-electron chi connectivity index (χ3n) is 3.90. The molecular weight excluding hydrogens is 391 g/mol. The summed E-state index contributed by atoms with van der Waals surface area (Å²) in [4.78, 5) is 4.72. The molecule has 0 N–H and O–H groups in total. The Morgan fingerprint density at radius 2 is 2.32 bits per heavy atom. The van der Waals surface area contributed by atoms with Gasteiger partial charge < -0.3 is 4.57 Å². The van der Waals surface area contributed by atoms with Crippen molar-refractivity contribution in [2.24, 2.45) is 0 Å². The third kappa shape index (κ3) is 2.51. The molecular formula is C14H16ClIN2S. The molecule has 1 aromatic heterocycles. The maximum absolute atomic E-state index is 6.12. The minimum Gasteiger partial charge on any atom is -0.323 e. The highest BCUT2D eigenvalue weighted by Crippen LogP contribution is 2.40. The van der Waals surface area contributed by atoms with Crippen LogP contribution >= 0.6 is 46.0 Å². The van der Waals surface area contributed by atoms with Gasteiger partial charge in [0.2, 0.25) is 0 Å². The quantitative estimate of drug-likeness (QED) is 0.536. The van der Waals surface area contributed by atoms with Gasteiger partial charge in [0.05, 0.1) is 16.9 Å². The lowest BCUT2D eigenvalue weighted by Gasteiger charge is -2.22. The van der Waals surface area contributed by atoms with Crippen molar-refractivity contribution in [3.05, 3.63) is 27.6 Å². The Labute approximate surface area is 136 Å². The topological polar surface area (TPSA) is 17.8 Å². The molecule has 0 bridgehead atoms. The minimum absolute atomic E-state index is 0.489. The second-order valence-electron chi connectivity index (χ2n) is 4.94. The number of halogens is 2. The van der Waals surface area contributed by atoms with Crippen LogP contribution < -0.4 is 0 Å². The van der Waals surface area contributed by atoms with Crippen LogP contribution in [0.25, 0.3) is 11.0 Å². The van der Waals surface area contributed by atoms with Crippen LogP contribution in [0.5, 0.6) is 0 Å². The molecule has 1 aliphatic carbocycles. The van der Waals surface area contributed by atoms with E-state index in [1.165, 1.54) is 28.3 Å². The first-order valence-electron chi connectivity index (χ1n) is 6.49. The first-order valence-corrected chi connectivity index (χ1v) is 9.40. The molecule has 1 saturated carbocycles. The molecule has 2 atom stereocenters. The number of fused-ring (bicyclic) bond motifs is 1. The summed E-state index contributed by atoms with van der Waals surface area (Å²) in [6, 6.07) is 7.04. The number of thioether (sulfide) groups is 1. The number of aromatic nitrogens is 2. The first-order chi connectivity index (χ1) is 9.24. The van der Waals surface area contributed by atoms with E-state index in [1.807, 2.05) is 11.8 Å². The van der Waals surface area contributed by atoms with Crippen LogP contribution in [0.2, 0.25) is 0 Å². The summed E-state index contributed by atoms with van der Waals surface area (Å²) in [7, 11) is 0. The van der Waals surface area contributed by atoms with E-state index in [-0.39, 0.29) is 0 Å². The summed E-state index contributed by atoms with van der Waals surface area (Å²) in [5.41, 5.74) is 2.32. The van der Waals surface area contributed by atoms with Crippen molar-refractivity contribution < 1.29 is 0 Å². The summed E-state index contributed by atoms with van der Waals surface area (Å²) in [5, 5.41) is 0.693. The Balaban J connectivity index is 2.15. The number of benzene rings is 1. The molecule has 0 aliphatic heterocycles. The highest BCUT2D eigenvalue weighted by molar-refractivity contribution is 14.1. The highest BCUT2D eigenvalue weighted by Gasteiger charge is 2.30. The SMILES string of the molecule is CSC1CCCC1n1c(CCl)nc2cc(I)ccc21. The number of imidazole rings is 1. The molecule has 1 aliphatic rings. The average Bonchev–Trinajstić information content (AvgIpc) is 3.00. The molecule has 19 heavy (non-hydrogen) atoms. The van der Waals surface area contributed by atoms with Crippen LogP contribution in [0.4, 0.5) is 0 Å². The van der Waals surface area contributed by atoms with Crippen LogP contribution in [-0.2, 0) is 5.88 Å². The average molecular weight is 407 g/mol. The van der Waals surface area contributed by atoms with E-state index in [4.69, 9.17) is 16.6 Å². The van der Waals surface area contributed by atoms with Crippen LogP contribution in [0, 0.1) is 3.57 Å². The van der Waals surface area contributed by atoms with Gasteiger partial charge in [0.25, 0.3) is 0 Å². The van der Waals surface area contributed by atoms with Crippen molar-refractivity contribution in [2.75, 3.05) is 6.26 Å². The number of nitrogens with zero attached hydrogens (tertiary/aromatic N) is 2. The molecule has 2 nitrogen and oxygen atoms in total. The van der Waals surface area contributed by atoms with Crippen LogP contribution in [-0.4, -0.2) is 21.1 Å². The maximum atomic E-state index is 6.12. The lowest BCUT2D eigenvalue weighted by molar-refractivity contribution is 0.528. The standard InChI is InChI=1S/C14H16ClIN2S/c1-19-13-4-2-3-12(13)18-11-6-5-9(16)7-10(11)17-14(18)8-15/h5-7,12-13H,2-4,8H2,1H3. The third-order valence-corrected chi connectivity index (χ3v) is 5.96. The maximum Gasteiger partial charge on any atom is 0.125 e. The van der Waals surface area contributed by atoms with Gasteiger partial charge in [-0.1, -0.05) is 6.42 Å². The fraction of sp³-hybridized carbons (Fsp3) is 0.500. The van der Waals surface area contributed by atoms with Crippen LogP contribution in [0.1, 0.15) is 31.1 Å². The van der Waals surface area contributed by atoms with Crippen molar-refractivity contribution in [3.63, 3.8) is 0 Å². The molecule has 1 heterocycles. The Bertz CT molecular complexity index is 598. The zero-order chi connectivity index (χ0) is 13.4. The number of hydrogen-bond donors (Lipinski definition) is 0. The van der Waals surface area contributed by atoms with Crippen LogP contribution in [0.3, 0.4) is 0 Å². The Morgan fingerprint density at radius 1 is 1.47 bits per heavy atom. The van der Waals surface area contributed by atoms with Gasteiger partial charge in [-0.2, -0.15) is 11.8 Å². The molecule has 0 amide bonds. The van der Waals surface area contributed by atoms with Crippen molar-refractivity contribution in [3.8, 4) is 0 Å². The van der Waals surface area contributed by atoms with Crippen molar-refractivity contribution in [2.45, 2.75) is 36.4 Å². The minimum atomic E-state index is 0.489. The van der Waals surface area contributed by atoms with Crippen LogP contribution in [0.15, 0.2) is 18.2 Å². The molecule has 3 rings (SSSR count). The highest BCUT2D eigenvalue weighted by atomic mass is 127. The van der Waals surface area contributed by atoms with Gasteiger partial charge in [-0.25, -0.2) is 4.98 Å². The van der Waals surface area contributed by atoms with Crippen molar-refractivity contribution in [1.29, 1.82) is 0 Å². The lowest BCUT2D eigenvalue weighted by Crippen LogP contribution is -2.17.